The standard InChI is InChI=1S/C29H33ClN4O6/c1-4-11-38-28-25-29(33-23(32-28)14-19-5-7-21(30)8-6-19)40-27(34-25)20-12-17(2)26(18(3)13-20)39-16-22(35)15-31-10-9-24(36)37/h5-8,12-13,22,31,35H,4,9-11,14-16H2,1-3H3,(H,36,37). The van der Waals surface area contributed by atoms with Crippen LogP contribution in [0.15, 0.2) is 40.8 Å². The summed E-state index contributed by atoms with van der Waals surface area (Å²) in [7, 11) is 0. The van der Waals surface area contributed by atoms with Crippen molar-refractivity contribution in [3.8, 4) is 23.1 Å². The topological polar surface area (TPSA) is 140 Å². The predicted molar refractivity (Wildman–Crippen MR) is 151 cm³/mol. The van der Waals surface area contributed by atoms with Crippen molar-refractivity contribution in [1.82, 2.24) is 20.3 Å². The predicted octanol–water partition coefficient (Wildman–Crippen LogP) is 4.74. The van der Waals surface area contributed by atoms with E-state index < -0.39 is 12.1 Å². The molecule has 212 valence electrons. The van der Waals surface area contributed by atoms with Gasteiger partial charge in [0.25, 0.3) is 5.71 Å². The van der Waals surface area contributed by atoms with Crippen LogP contribution in [0.1, 0.15) is 42.3 Å². The van der Waals surface area contributed by atoms with Crippen molar-refractivity contribution in [1.29, 1.82) is 0 Å². The van der Waals surface area contributed by atoms with E-state index in [4.69, 9.17) is 30.6 Å². The van der Waals surface area contributed by atoms with Gasteiger partial charge in [0.15, 0.2) is 5.52 Å². The van der Waals surface area contributed by atoms with E-state index in [9.17, 15) is 9.90 Å². The van der Waals surface area contributed by atoms with Gasteiger partial charge in [-0.2, -0.15) is 9.97 Å². The molecule has 0 saturated carbocycles. The number of aliphatic carboxylic acids is 1. The van der Waals surface area contributed by atoms with Gasteiger partial charge in [-0.15, -0.1) is 0 Å². The van der Waals surface area contributed by atoms with Crippen molar-refractivity contribution in [3.63, 3.8) is 0 Å². The number of halogens is 1. The van der Waals surface area contributed by atoms with E-state index in [1.54, 1.807) is 0 Å². The number of aromatic nitrogens is 3. The maximum absolute atomic E-state index is 10.6. The second kappa shape index (κ2) is 13.6. The lowest BCUT2D eigenvalue weighted by molar-refractivity contribution is -0.136. The van der Waals surface area contributed by atoms with Crippen molar-refractivity contribution in [2.24, 2.45) is 0 Å². The Morgan fingerprint density at radius 2 is 1.82 bits per heavy atom. The summed E-state index contributed by atoms with van der Waals surface area (Å²) in [5.74, 6) is 1.08. The minimum atomic E-state index is -0.890. The van der Waals surface area contributed by atoms with Crippen LogP contribution >= 0.6 is 11.6 Å². The van der Waals surface area contributed by atoms with E-state index in [0.717, 1.165) is 28.7 Å². The number of hydrogen-bond acceptors (Lipinski definition) is 9. The summed E-state index contributed by atoms with van der Waals surface area (Å²) in [5, 5.41) is 22.5. The molecule has 0 saturated heterocycles. The van der Waals surface area contributed by atoms with E-state index >= 15 is 0 Å². The lowest BCUT2D eigenvalue weighted by atomic mass is 10.1. The molecule has 2 aromatic carbocycles. The average Bonchev–Trinajstić information content (AvgIpc) is 3.35. The summed E-state index contributed by atoms with van der Waals surface area (Å²) in [6, 6.07) is 11.3. The molecule has 0 radical (unpaired) electrons. The molecular weight excluding hydrogens is 536 g/mol. The Kier molecular flexibility index (Phi) is 9.92. The highest BCUT2D eigenvalue weighted by atomic mass is 35.5. The van der Waals surface area contributed by atoms with E-state index in [1.807, 2.05) is 57.2 Å². The molecule has 0 bridgehead atoms. The summed E-state index contributed by atoms with van der Waals surface area (Å²) < 4.78 is 17.9. The Hall–Kier alpha value is -3.73. The normalized spacial score (nSPS) is 12.0. The maximum atomic E-state index is 10.6. The number of ether oxygens (including phenoxy) is 2. The summed E-state index contributed by atoms with van der Waals surface area (Å²) in [6.07, 6.45) is 0.503. The number of carboxylic acids is 1. The fourth-order valence-electron chi connectivity index (χ4n) is 4.13. The Balaban J connectivity index is 1.53. The number of carboxylic acid groups (broad SMARTS) is 1. The minimum Gasteiger partial charge on any atom is -0.490 e. The van der Waals surface area contributed by atoms with Gasteiger partial charge in [0.05, 0.1) is 13.0 Å². The Bertz CT molecular complexity index is 1430. The minimum absolute atomic E-state index is 0.00938. The van der Waals surface area contributed by atoms with Crippen LogP contribution in [-0.2, 0) is 11.2 Å². The highest BCUT2D eigenvalue weighted by Crippen LogP contribution is 2.33. The molecule has 1 unspecified atom stereocenters. The van der Waals surface area contributed by atoms with Gasteiger partial charge in [0, 0.05) is 30.1 Å². The summed E-state index contributed by atoms with van der Waals surface area (Å²) in [4.78, 5) is 24.5. The van der Waals surface area contributed by atoms with Crippen LogP contribution in [0.5, 0.6) is 11.6 Å². The van der Waals surface area contributed by atoms with Crippen LogP contribution in [0.2, 0.25) is 5.02 Å². The molecule has 1 atom stereocenters. The first-order valence-electron chi connectivity index (χ1n) is 13.1. The molecule has 0 aliphatic rings. The first-order chi connectivity index (χ1) is 19.2. The number of nitrogens with zero attached hydrogens (tertiary/aromatic N) is 3. The molecular formula is C29H33ClN4O6. The van der Waals surface area contributed by atoms with Gasteiger partial charge >= 0.3 is 5.97 Å². The Labute approximate surface area is 237 Å². The average molecular weight is 569 g/mol. The van der Waals surface area contributed by atoms with Crippen LogP contribution in [0.25, 0.3) is 22.7 Å². The van der Waals surface area contributed by atoms with Crippen molar-refractivity contribution in [3.05, 3.63) is 63.9 Å². The first-order valence-corrected chi connectivity index (χ1v) is 13.5. The molecule has 4 rings (SSSR count). The molecule has 10 nitrogen and oxygen atoms in total. The van der Waals surface area contributed by atoms with E-state index in [0.29, 0.717) is 52.6 Å². The SMILES string of the molecule is CCCOc1nc(Cc2ccc(Cl)cc2)nc2oc(-c3cc(C)c(OCC(O)CNCCC(=O)O)c(C)c3)nc12. The zero-order chi connectivity index (χ0) is 28.6. The number of rotatable bonds is 14. The van der Waals surface area contributed by atoms with Crippen molar-refractivity contribution < 1.29 is 28.9 Å². The van der Waals surface area contributed by atoms with Gasteiger partial charge < -0.3 is 29.4 Å². The number of aryl methyl sites for hydroxylation is 2. The molecule has 11 heteroatoms. The molecule has 40 heavy (non-hydrogen) atoms. The molecule has 4 aromatic rings. The Morgan fingerprint density at radius 3 is 2.50 bits per heavy atom. The van der Waals surface area contributed by atoms with Gasteiger partial charge in [-0.25, -0.2) is 4.98 Å². The van der Waals surface area contributed by atoms with Crippen molar-refractivity contribution in [2.75, 3.05) is 26.3 Å². The van der Waals surface area contributed by atoms with Crippen LogP contribution in [0.4, 0.5) is 0 Å². The third-order valence-corrected chi connectivity index (χ3v) is 6.27. The van der Waals surface area contributed by atoms with Gasteiger partial charge in [-0.05, 0) is 61.2 Å². The number of fused-ring (bicyclic) bond motifs is 1. The molecule has 0 spiro atoms. The number of aliphatic hydroxyl groups is 1. The molecule has 3 N–H and O–H groups in total. The second-order valence-electron chi connectivity index (χ2n) is 9.52. The summed E-state index contributed by atoms with van der Waals surface area (Å²) >= 11 is 6.02. The smallest absolute Gasteiger partial charge is 0.304 e. The molecule has 0 fully saturated rings. The van der Waals surface area contributed by atoms with E-state index in [1.165, 1.54) is 0 Å². The van der Waals surface area contributed by atoms with E-state index in [2.05, 4.69) is 20.3 Å². The van der Waals surface area contributed by atoms with Crippen molar-refractivity contribution >= 4 is 28.8 Å². The second-order valence-corrected chi connectivity index (χ2v) is 9.96. The highest BCUT2D eigenvalue weighted by molar-refractivity contribution is 6.30. The lowest BCUT2D eigenvalue weighted by Gasteiger charge is -2.16. The molecule has 2 heterocycles. The van der Waals surface area contributed by atoms with Crippen molar-refractivity contribution in [2.45, 2.75) is 46.1 Å². The van der Waals surface area contributed by atoms with Gasteiger partial charge in [0.2, 0.25) is 11.8 Å². The quantitative estimate of drug-likeness (QED) is 0.183. The van der Waals surface area contributed by atoms with E-state index in [-0.39, 0.29) is 26.1 Å². The number of nitrogens with one attached hydrogen (secondary N) is 1. The zero-order valence-corrected chi connectivity index (χ0v) is 23.5. The molecule has 0 aliphatic carbocycles. The fraction of sp³-hybridized carbons (Fsp3) is 0.379. The fourth-order valence-corrected chi connectivity index (χ4v) is 4.26. The van der Waals surface area contributed by atoms with Crippen LogP contribution in [-0.4, -0.2) is 63.5 Å². The highest BCUT2D eigenvalue weighted by Gasteiger charge is 2.19. The summed E-state index contributed by atoms with van der Waals surface area (Å²) in [6.45, 7) is 6.90. The third-order valence-electron chi connectivity index (χ3n) is 6.01. The summed E-state index contributed by atoms with van der Waals surface area (Å²) in [5.41, 5.74) is 4.25. The Morgan fingerprint density at radius 1 is 1.10 bits per heavy atom. The molecule has 0 aliphatic heterocycles. The van der Waals surface area contributed by atoms with Crippen LogP contribution in [0, 0.1) is 13.8 Å². The van der Waals surface area contributed by atoms with Crippen LogP contribution in [0.3, 0.4) is 0 Å². The van der Waals surface area contributed by atoms with Crippen LogP contribution < -0.4 is 14.8 Å². The zero-order valence-electron chi connectivity index (χ0n) is 22.7. The number of oxazole rings is 1. The lowest BCUT2D eigenvalue weighted by Crippen LogP contribution is -2.32. The largest absolute Gasteiger partial charge is 0.490 e. The number of carbonyl (C=O) groups is 1. The van der Waals surface area contributed by atoms with Gasteiger partial charge in [-0.3, -0.25) is 4.79 Å². The number of aliphatic hydroxyl groups excluding tert-OH is 1. The molecule has 2 aromatic heterocycles. The van der Waals surface area contributed by atoms with Gasteiger partial charge in [-0.1, -0.05) is 30.7 Å². The molecule has 0 amide bonds. The maximum Gasteiger partial charge on any atom is 0.304 e. The number of hydrogen-bond donors (Lipinski definition) is 3. The van der Waals surface area contributed by atoms with Gasteiger partial charge in [0.1, 0.15) is 24.3 Å². The third kappa shape index (κ3) is 7.68. The number of benzene rings is 2. The first kappa shape index (κ1) is 29.3. The monoisotopic (exact) mass is 568 g/mol.